The maximum Gasteiger partial charge on any atom is 0.230 e. The summed E-state index contributed by atoms with van der Waals surface area (Å²) in [5, 5.41) is 11.1. The van der Waals surface area contributed by atoms with E-state index in [1.807, 2.05) is 0 Å². The molecule has 136 valence electrons. The highest BCUT2D eigenvalue weighted by molar-refractivity contribution is 7.99. The van der Waals surface area contributed by atoms with Crippen LogP contribution in [0.25, 0.3) is 11.4 Å². The summed E-state index contributed by atoms with van der Waals surface area (Å²) in [5.41, 5.74) is 0.650. The molecule has 7 nitrogen and oxygen atoms in total. The van der Waals surface area contributed by atoms with E-state index in [0.29, 0.717) is 36.3 Å². The number of rotatable bonds is 10. The van der Waals surface area contributed by atoms with Gasteiger partial charge in [-0.15, -0.1) is 10.2 Å². The molecule has 0 spiro atoms. The van der Waals surface area contributed by atoms with E-state index < -0.39 is 0 Å². The van der Waals surface area contributed by atoms with Crippen molar-refractivity contribution in [3.05, 3.63) is 30.1 Å². The fourth-order valence-electron chi connectivity index (χ4n) is 1.96. The van der Waals surface area contributed by atoms with Crippen LogP contribution in [0, 0.1) is 5.82 Å². The van der Waals surface area contributed by atoms with Crippen molar-refractivity contribution in [2.45, 2.75) is 24.9 Å². The molecule has 1 heterocycles. The minimum atomic E-state index is -0.336. The highest BCUT2D eigenvalue weighted by atomic mass is 32.2. The number of nitrogens with zero attached hydrogens (tertiary/aromatic N) is 3. The molecule has 0 fully saturated rings. The SMILES string of the molecule is CCCCOCCNC(=O)CSc1nnc(-c2ccc(F)cc2)n1N. The number of carbonyl (C=O) groups excluding carboxylic acids is 1. The smallest absolute Gasteiger partial charge is 0.230 e. The first-order valence-electron chi connectivity index (χ1n) is 8.05. The van der Waals surface area contributed by atoms with Crippen LogP contribution in [0.4, 0.5) is 4.39 Å². The van der Waals surface area contributed by atoms with E-state index in [1.54, 1.807) is 12.1 Å². The lowest BCUT2D eigenvalue weighted by atomic mass is 10.2. The van der Waals surface area contributed by atoms with Crippen LogP contribution in [0.3, 0.4) is 0 Å². The van der Waals surface area contributed by atoms with E-state index in [4.69, 9.17) is 10.6 Å². The van der Waals surface area contributed by atoms with Crippen LogP contribution >= 0.6 is 11.8 Å². The Morgan fingerprint density at radius 2 is 2.08 bits per heavy atom. The molecule has 0 aliphatic heterocycles. The maximum atomic E-state index is 13.0. The van der Waals surface area contributed by atoms with Crippen molar-refractivity contribution in [3.8, 4) is 11.4 Å². The number of unbranched alkanes of at least 4 members (excludes halogenated alkanes) is 1. The molecule has 3 N–H and O–H groups in total. The van der Waals surface area contributed by atoms with Gasteiger partial charge >= 0.3 is 0 Å². The summed E-state index contributed by atoms with van der Waals surface area (Å²) in [7, 11) is 0. The summed E-state index contributed by atoms with van der Waals surface area (Å²) in [4.78, 5) is 11.8. The molecule has 0 saturated carbocycles. The second kappa shape index (κ2) is 10.00. The Hall–Kier alpha value is -2.13. The van der Waals surface area contributed by atoms with Crippen molar-refractivity contribution in [3.63, 3.8) is 0 Å². The number of ether oxygens (including phenoxy) is 1. The highest BCUT2D eigenvalue weighted by Crippen LogP contribution is 2.21. The first-order chi connectivity index (χ1) is 12.1. The van der Waals surface area contributed by atoms with Crippen LogP contribution in [0.2, 0.25) is 0 Å². The average molecular weight is 367 g/mol. The van der Waals surface area contributed by atoms with Gasteiger partial charge in [0, 0.05) is 18.7 Å². The Morgan fingerprint density at radius 3 is 2.80 bits per heavy atom. The monoisotopic (exact) mass is 367 g/mol. The number of nitrogen functional groups attached to an aromatic ring is 1. The zero-order chi connectivity index (χ0) is 18.1. The molecule has 0 aliphatic rings. The Kier molecular flexibility index (Phi) is 7.68. The third kappa shape index (κ3) is 6.02. The third-order valence-corrected chi connectivity index (χ3v) is 4.25. The minimum Gasteiger partial charge on any atom is -0.380 e. The first-order valence-corrected chi connectivity index (χ1v) is 9.04. The second-order valence-electron chi connectivity index (χ2n) is 5.29. The normalized spacial score (nSPS) is 10.8. The number of aromatic nitrogens is 3. The van der Waals surface area contributed by atoms with Crippen LogP contribution in [-0.4, -0.2) is 46.3 Å². The Labute approximate surface area is 150 Å². The average Bonchev–Trinajstić information content (AvgIpc) is 2.97. The summed E-state index contributed by atoms with van der Waals surface area (Å²) in [6, 6.07) is 5.80. The molecule has 0 saturated heterocycles. The molecule has 0 radical (unpaired) electrons. The Bertz CT molecular complexity index is 678. The molecule has 0 atom stereocenters. The topological polar surface area (TPSA) is 95.1 Å². The largest absolute Gasteiger partial charge is 0.380 e. The summed E-state index contributed by atoms with van der Waals surface area (Å²) in [5.74, 6) is 6.07. The number of hydrogen-bond acceptors (Lipinski definition) is 6. The molecule has 2 aromatic rings. The lowest BCUT2D eigenvalue weighted by Crippen LogP contribution is -2.29. The van der Waals surface area contributed by atoms with Gasteiger partial charge in [0.25, 0.3) is 0 Å². The number of thioether (sulfide) groups is 1. The number of hydrogen-bond donors (Lipinski definition) is 2. The van der Waals surface area contributed by atoms with E-state index in [2.05, 4.69) is 22.4 Å². The van der Waals surface area contributed by atoms with Gasteiger partial charge in [0.2, 0.25) is 11.1 Å². The van der Waals surface area contributed by atoms with Gasteiger partial charge in [-0.05, 0) is 30.7 Å². The molecule has 0 unspecified atom stereocenters. The molecule has 9 heteroatoms. The lowest BCUT2D eigenvalue weighted by molar-refractivity contribution is -0.118. The molecular weight excluding hydrogens is 345 g/mol. The molecule has 1 aromatic carbocycles. The predicted molar refractivity (Wildman–Crippen MR) is 95.0 cm³/mol. The summed E-state index contributed by atoms with van der Waals surface area (Å²) in [6.07, 6.45) is 2.11. The summed E-state index contributed by atoms with van der Waals surface area (Å²) >= 11 is 1.18. The highest BCUT2D eigenvalue weighted by Gasteiger charge is 2.13. The van der Waals surface area contributed by atoms with Gasteiger partial charge in [0.1, 0.15) is 5.82 Å². The van der Waals surface area contributed by atoms with Crippen molar-refractivity contribution >= 4 is 17.7 Å². The van der Waals surface area contributed by atoms with Gasteiger partial charge in [0.15, 0.2) is 5.82 Å². The van der Waals surface area contributed by atoms with Crippen LogP contribution in [0.15, 0.2) is 29.4 Å². The fraction of sp³-hybridized carbons (Fsp3) is 0.438. The van der Waals surface area contributed by atoms with E-state index in [9.17, 15) is 9.18 Å². The number of amides is 1. The molecule has 25 heavy (non-hydrogen) atoms. The zero-order valence-electron chi connectivity index (χ0n) is 14.1. The number of nitrogens with one attached hydrogen (secondary N) is 1. The van der Waals surface area contributed by atoms with Crippen molar-refractivity contribution in [2.24, 2.45) is 0 Å². The van der Waals surface area contributed by atoms with Gasteiger partial charge in [-0.3, -0.25) is 4.79 Å². The van der Waals surface area contributed by atoms with Crippen LogP contribution in [0.5, 0.6) is 0 Å². The van der Waals surface area contributed by atoms with Crippen molar-refractivity contribution in [2.75, 3.05) is 31.4 Å². The lowest BCUT2D eigenvalue weighted by Gasteiger charge is -2.06. The van der Waals surface area contributed by atoms with E-state index in [1.165, 1.54) is 28.6 Å². The van der Waals surface area contributed by atoms with Crippen LogP contribution < -0.4 is 11.2 Å². The molecule has 1 aromatic heterocycles. The zero-order valence-corrected chi connectivity index (χ0v) is 14.9. The Morgan fingerprint density at radius 1 is 1.32 bits per heavy atom. The van der Waals surface area contributed by atoms with Crippen molar-refractivity contribution in [1.29, 1.82) is 0 Å². The second-order valence-corrected chi connectivity index (χ2v) is 6.23. The van der Waals surface area contributed by atoms with E-state index >= 15 is 0 Å². The van der Waals surface area contributed by atoms with E-state index in [0.717, 1.165) is 12.8 Å². The fourth-order valence-corrected chi connectivity index (χ4v) is 2.65. The third-order valence-electron chi connectivity index (χ3n) is 3.31. The summed E-state index contributed by atoms with van der Waals surface area (Å²) in [6.45, 7) is 3.78. The van der Waals surface area contributed by atoms with Crippen LogP contribution in [0.1, 0.15) is 19.8 Å². The van der Waals surface area contributed by atoms with Crippen molar-refractivity contribution < 1.29 is 13.9 Å². The minimum absolute atomic E-state index is 0.129. The van der Waals surface area contributed by atoms with E-state index in [-0.39, 0.29) is 17.5 Å². The van der Waals surface area contributed by atoms with Crippen molar-refractivity contribution in [1.82, 2.24) is 20.2 Å². The number of nitrogens with two attached hydrogens (primary N) is 1. The molecule has 2 rings (SSSR count). The number of halogens is 1. The van der Waals surface area contributed by atoms with Gasteiger partial charge < -0.3 is 15.9 Å². The standard InChI is InChI=1S/C16H22FN5O2S/c1-2-3-9-24-10-8-19-14(23)11-25-16-21-20-15(22(16)18)12-4-6-13(17)7-5-12/h4-7H,2-3,8-11,18H2,1H3,(H,19,23). The maximum absolute atomic E-state index is 13.0. The van der Waals surface area contributed by atoms with Gasteiger partial charge in [-0.1, -0.05) is 25.1 Å². The molecule has 0 bridgehead atoms. The first kappa shape index (κ1) is 19.2. The van der Waals surface area contributed by atoms with Gasteiger partial charge in [-0.2, -0.15) is 0 Å². The summed E-state index contributed by atoms with van der Waals surface area (Å²) < 4.78 is 19.6. The number of carbonyl (C=O) groups is 1. The quantitative estimate of drug-likeness (QED) is 0.378. The molecular formula is C16H22FN5O2S. The van der Waals surface area contributed by atoms with Crippen LogP contribution in [-0.2, 0) is 9.53 Å². The Balaban J connectivity index is 1.77. The van der Waals surface area contributed by atoms with Gasteiger partial charge in [0.05, 0.1) is 12.4 Å². The predicted octanol–water partition coefficient (Wildman–Crippen LogP) is 1.82. The number of benzene rings is 1. The van der Waals surface area contributed by atoms with Gasteiger partial charge in [-0.25, -0.2) is 9.07 Å². The molecule has 1 amide bonds. The molecule has 0 aliphatic carbocycles.